The van der Waals surface area contributed by atoms with E-state index in [1.54, 1.807) is 6.92 Å². The minimum Gasteiger partial charge on any atom is -0.480 e. The standard InChI is InChI=1S/C11H21N3O6S/c1-4-12-9(15)7(2)13-11(18)14-8(10(16)17)5-6-21(3,19)20/h7-8H,4-6H2,1-3H3,(H,12,15)(H,16,17)(H2,13,14,18). The number of carboxylic acid groups (broad SMARTS) is 1. The number of hydrogen-bond donors (Lipinski definition) is 4. The van der Waals surface area contributed by atoms with Crippen LogP contribution in [0.4, 0.5) is 4.79 Å². The molecule has 0 aliphatic rings. The third-order valence-corrected chi connectivity index (χ3v) is 3.45. The number of carbonyl (C=O) groups is 3. The highest BCUT2D eigenvalue weighted by molar-refractivity contribution is 7.90. The van der Waals surface area contributed by atoms with E-state index in [1.165, 1.54) is 6.92 Å². The lowest BCUT2D eigenvalue weighted by molar-refractivity contribution is -0.139. The zero-order valence-corrected chi connectivity index (χ0v) is 13.0. The van der Waals surface area contributed by atoms with Crippen molar-refractivity contribution in [2.75, 3.05) is 18.6 Å². The fraction of sp³-hybridized carbons (Fsp3) is 0.727. The number of urea groups is 1. The first-order valence-electron chi connectivity index (χ1n) is 6.32. The van der Waals surface area contributed by atoms with Crippen LogP contribution in [-0.2, 0) is 19.4 Å². The van der Waals surface area contributed by atoms with Gasteiger partial charge in [0, 0.05) is 12.8 Å². The van der Waals surface area contributed by atoms with Gasteiger partial charge >= 0.3 is 12.0 Å². The topological polar surface area (TPSA) is 142 Å². The lowest BCUT2D eigenvalue weighted by atomic mass is 10.2. The van der Waals surface area contributed by atoms with Crippen LogP contribution in [0.5, 0.6) is 0 Å². The van der Waals surface area contributed by atoms with Gasteiger partial charge in [0.05, 0.1) is 5.75 Å². The molecule has 122 valence electrons. The van der Waals surface area contributed by atoms with Crippen molar-refractivity contribution in [3.8, 4) is 0 Å². The molecule has 0 heterocycles. The van der Waals surface area contributed by atoms with Crippen LogP contribution in [0.15, 0.2) is 0 Å². The van der Waals surface area contributed by atoms with Crippen molar-refractivity contribution in [3.63, 3.8) is 0 Å². The average molecular weight is 323 g/mol. The van der Waals surface area contributed by atoms with Crippen molar-refractivity contribution < 1.29 is 27.9 Å². The van der Waals surface area contributed by atoms with Gasteiger partial charge in [0.2, 0.25) is 5.91 Å². The normalized spacial score (nSPS) is 13.9. The smallest absolute Gasteiger partial charge is 0.326 e. The monoisotopic (exact) mass is 323 g/mol. The average Bonchev–Trinajstić information content (AvgIpc) is 2.33. The first-order valence-corrected chi connectivity index (χ1v) is 8.38. The van der Waals surface area contributed by atoms with Crippen molar-refractivity contribution in [3.05, 3.63) is 0 Å². The quantitative estimate of drug-likeness (QED) is 0.437. The predicted molar refractivity (Wildman–Crippen MR) is 75.6 cm³/mol. The van der Waals surface area contributed by atoms with Crippen LogP contribution in [0.25, 0.3) is 0 Å². The van der Waals surface area contributed by atoms with Crippen molar-refractivity contribution in [2.24, 2.45) is 0 Å². The molecule has 0 spiro atoms. The molecule has 0 bridgehead atoms. The zero-order chi connectivity index (χ0) is 16.6. The maximum absolute atomic E-state index is 11.6. The first-order chi connectivity index (χ1) is 9.56. The molecule has 0 aromatic carbocycles. The number of hydrogen-bond acceptors (Lipinski definition) is 5. The van der Waals surface area contributed by atoms with Crippen molar-refractivity contribution in [1.82, 2.24) is 16.0 Å². The highest BCUT2D eigenvalue weighted by atomic mass is 32.2. The van der Waals surface area contributed by atoms with Crippen LogP contribution in [0.1, 0.15) is 20.3 Å². The molecule has 3 amide bonds. The van der Waals surface area contributed by atoms with Crippen LogP contribution >= 0.6 is 0 Å². The molecule has 0 aliphatic heterocycles. The van der Waals surface area contributed by atoms with Gasteiger partial charge in [-0.25, -0.2) is 18.0 Å². The third kappa shape index (κ3) is 8.84. The van der Waals surface area contributed by atoms with Gasteiger partial charge < -0.3 is 21.1 Å². The Kier molecular flexibility index (Phi) is 7.71. The molecule has 21 heavy (non-hydrogen) atoms. The molecule has 0 fully saturated rings. The molecular formula is C11H21N3O6S. The van der Waals surface area contributed by atoms with E-state index in [0.29, 0.717) is 6.54 Å². The van der Waals surface area contributed by atoms with E-state index in [2.05, 4.69) is 16.0 Å². The molecule has 9 nitrogen and oxygen atoms in total. The second-order valence-electron chi connectivity index (χ2n) is 4.54. The number of carbonyl (C=O) groups excluding carboxylic acids is 2. The molecule has 2 unspecified atom stereocenters. The van der Waals surface area contributed by atoms with Crippen LogP contribution in [-0.4, -0.2) is 62.1 Å². The van der Waals surface area contributed by atoms with Crippen LogP contribution in [0.3, 0.4) is 0 Å². The van der Waals surface area contributed by atoms with Gasteiger partial charge in [-0.15, -0.1) is 0 Å². The van der Waals surface area contributed by atoms with Crippen LogP contribution in [0.2, 0.25) is 0 Å². The van der Waals surface area contributed by atoms with E-state index in [4.69, 9.17) is 5.11 Å². The Morgan fingerprint density at radius 3 is 2.19 bits per heavy atom. The SMILES string of the molecule is CCNC(=O)C(C)NC(=O)NC(CCS(C)(=O)=O)C(=O)O. The molecule has 2 atom stereocenters. The fourth-order valence-corrected chi connectivity index (χ4v) is 2.04. The van der Waals surface area contributed by atoms with Crippen molar-refractivity contribution >= 4 is 27.7 Å². The molecule has 10 heteroatoms. The number of sulfone groups is 1. The lowest BCUT2D eigenvalue weighted by Crippen LogP contribution is -2.52. The second kappa shape index (κ2) is 8.45. The summed E-state index contributed by atoms with van der Waals surface area (Å²) >= 11 is 0. The molecular weight excluding hydrogens is 302 g/mol. The molecule has 0 radical (unpaired) electrons. The van der Waals surface area contributed by atoms with E-state index in [-0.39, 0.29) is 12.2 Å². The van der Waals surface area contributed by atoms with Crippen molar-refractivity contribution in [1.29, 1.82) is 0 Å². The van der Waals surface area contributed by atoms with E-state index in [1.807, 2.05) is 0 Å². The van der Waals surface area contributed by atoms with Gasteiger partial charge in [-0.1, -0.05) is 0 Å². The Balaban J connectivity index is 4.48. The number of rotatable bonds is 8. The summed E-state index contributed by atoms with van der Waals surface area (Å²) < 4.78 is 22.0. The summed E-state index contributed by atoms with van der Waals surface area (Å²) in [4.78, 5) is 34.0. The summed E-state index contributed by atoms with van der Waals surface area (Å²) in [6.45, 7) is 3.56. The number of nitrogens with one attached hydrogen (secondary N) is 3. The number of amides is 3. The Morgan fingerprint density at radius 2 is 1.76 bits per heavy atom. The predicted octanol–water partition coefficient (Wildman–Crippen LogP) is -1.30. The van der Waals surface area contributed by atoms with Gasteiger partial charge in [0.25, 0.3) is 0 Å². The van der Waals surface area contributed by atoms with E-state index in [0.717, 1.165) is 6.26 Å². The molecule has 0 rings (SSSR count). The number of likely N-dealkylation sites (N-methyl/N-ethyl adjacent to an activating group) is 1. The summed E-state index contributed by atoms with van der Waals surface area (Å²) in [6.07, 6.45) is 0.722. The summed E-state index contributed by atoms with van der Waals surface area (Å²) in [6, 6.07) is -3.04. The molecule has 0 aromatic rings. The van der Waals surface area contributed by atoms with Gasteiger partial charge in [0.1, 0.15) is 21.9 Å². The van der Waals surface area contributed by atoms with Gasteiger partial charge in [-0.3, -0.25) is 4.79 Å². The summed E-state index contributed by atoms with van der Waals surface area (Å²) in [5.74, 6) is -2.12. The van der Waals surface area contributed by atoms with Crippen LogP contribution < -0.4 is 16.0 Å². The Labute approximate surface area is 123 Å². The Hall–Kier alpha value is -1.84. The second-order valence-corrected chi connectivity index (χ2v) is 6.80. The van der Waals surface area contributed by atoms with Gasteiger partial charge in [-0.2, -0.15) is 0 Å². The minimum atomic E-state index is -3.33. The van der Waals surface area contributed by atoms with E-state index >= 15 is 0 Å². The Bertz CT molecular complexity index is 490. The molecule has 0 aromatic heterocycles. The van der Waals surface area contributed by atoms with Crippen LogP contribution in [0, 0.1) is 0 Å². The number of aliphatic carboxylic acids is 1. The molecule has 4 N–H and O–H groups in total. The maximum Gasteiger partial charge on any atom is 0.326 e. The zero-order valence-electron chi connectivity index (χ0n) is 12.2. The first kappa shape index (κ1) is 19.2. The summed E-state index contributed by atoms with van der Waals surface area (Å²) in [5.41, 5.74) is 0. The molecule has 0 saturated carbocycles. The minimum absolute atomic E-state index is 0.253. The summed E-state index contributed by atoms with van der Waals surface area (Å²) in [5, 5.41) is 15.8. The van der Waals surface area contributed by atoms with Gasteiger partial charge in [-0.05, 0) is 20.3 Å². The highest BCUT2D eigenvalue weighted by Crippen LogP contribution is 1.97. The number of carboxylic acids is 1. The van der Waals surface area contributed by atoms with E-state index in [9.17, 15) is 22.8 Å². The largest absolute Gasteiger partial charge is 0.480 e. The maximum atomic E-state index is 11.6. The fourth-order valence-electron chi connectivity index (χ4n) is 1.38. The van der Waals surface area contributed by atoms with Gasteiger partial charge in [0.15, 0.2) is 0 Å². The van der Waals surface area contributed by atoms with E-state index < -0.39 is 39.8 Å². The molecule has 0 aliphatic carbocycles. The molecule has 0 saturated heterocycles. The van der Waals surface area contributed by atoms with Crippen molar-refractivity contribution in [2.45, 2.75) is 32.4 Å². The highest BCUT2D eigenvalue weighted by Gasteiger charge is 2.23. The lowest BCUT2D eigenvalue weighted by Gasteiger charge is -2.17. The third-order valence-electron chi connectivity index (χ3n) is 2.47. The Morgan fingerprint density at radius 1 is 1.19 bits per heavy atom. The summed E-state index contributed by atoms with van der Waals surface area (Å²) in [7, 11) is -3.33.